The lowest BCUT2D eigenvalue weighted by molar-refractivity contribution is 0.382. The molecule has 0 N–H and O–H groups in total. The number of hydrogen-bond donors (Lipinski definition) is 0. The van der Waals surface area contributed by atoms with E-state index in [1.54, 1.807) is 28.9 Å². The Hall–Kier alpha value is -3.07. The van der Waals surface area contributed by atoms with E-state index in [9.17, 15) is 8.42 Å². The van der Waals surface area contributed by atoms with Crippen LogP contribution in [0.25, 0.3) is 22.4 Å². The van der Waals surface area contributed by atoms with Crippen molar-refractivity contribution in [3.63, 3.8) is 0 Å². The molecule has 4 rings (SSSR count). The number of benzene rings is 2. The Bertz CT molecular complexity index is 1210. The number of sulfone groups is 1. The minimum absolute atomic E-state index is 0.0963. The minimum atomic E-state index is -3.41. The van der Waals surface area contributed by atoms with Crippen LogP contribution in [-0.2, 0) is 23.3 Å². The smallest absolute Gasteiger partial charge is 0.227 e. The van der Waals surface area contributed by atoms with Gasteiger partial charge < -0.3 is 4.52 Å². The topological polar surface area (TPSA) is 104 Å². The second-order valence-electron chi connectivity index (χ2n) is 6.31. The summed E-state index contributed by atoms with van der Waals surface area (Å²) in [5, 5.41) is 12.0. The Morgan fingerprint density at radius 3 is 2.67 bits per heavy atom. The summed E-state index contributed by atoms with van der Waals surface area (Å²) in [6.07, 6.45) is 0.149. The summed E-state index contributed by atoms with van der Waals surface area (Å²) in [6, 6.07) is 12.3. The van der Waals surface area contributed by atoms with Crippen molar-refractivity contribution in [1.29, 1.82) is 0 Å². The van der Waals surface area contributed by atoms with Gasteiger partial charge in [-0.15, -0.1) is 5.10 Å². The fraction of sp³-hybridized carbons (Fsp3) is 0.222. The van der Waals surface area contributed by atoms with E-state index in [4.69, 9.17) is 4.52 Å². The van der Waals surface area contributed by atoms with E-state index >= 15 is 0 Å². The van der Waals surface area contributed by atoms with Gasteiger partial charge in [0.1, 0.15) is 5.52 Å². The van der Waals surface area contributed by atoms with Crippen LogP contribution in [0.5, 0.6) is 0 Å². The quantitative estimate of drug-likeness (QED) is 0.521. The lowest BCUT2D eigenvalue weighted by Crippen LogP contribution is -2.09. The summed E-state index contributed by atoms with van der Waals surface area (Å²) in [5.41, 5.74) is 3.37. The minimum Gasteiger partial charge on any atom is -0.339 e. The standard InChI is InChI=1S/C18H17N5O3S/c1-12-3-6-14(7-4-12)27(24,25)10-9-17-19-18(21-26-17)13-5-8-16-15(11-13)20-22-23(16)2/h3-8,11H,9-10H2,1-2H3. The maximum Gasteiger partial charge on any atom is 0.227 e. The van der Waals surface area contributed by atoms with Crippen LogP contribution in [-0.4, -0.2) is 39.3 Å². The first-order valence-corrected chi connectivity index (χ1v) is 9.99. The molecule has 2 aromatic carbocycles. The summed E-state index contributed by atoms with van der Waals surface area (Å²) in [7, 11) is -1.59. The van der Waals surface area contributed by atoms with Crippen LogP contribution in [0.4, 0.5) is 0 Å². The molecule has 138 valence electrons. The van der Waals surface area contributed by atoms with E-state index in [2.05, 4.69) is 20.5 Å². The maximum atomic E-state index is 12.4. The fourth-order valence-electron chi connectivity index (χ4n) is 2.74. The maximum absolute atomic E-state index is 12.4. The highest BCUT2D eigenvalue weighted by molar-refractivity contribution is 7.91. The normalized spacial score (nSPS) is 11.9. The molecular formula is C18H17N5O3S. The van der Waals surface area contributed by atoms with Crippen molar-refractivity contribution in [1.82, 2.24) is 25.1 Å². The second-order valence-corrected chi connectivity index (χ2v) is 8.42. The summed E-state index contributed by atoms with van der Waals surface area (Å²) in [4.78, 5) is 4.60. The van der Waals surface area contributed by atoms with Gasteiger partial charge in [0.15, 0.2) is 9.84 Å². The SMILES string of the molecule is Cc1ccc(S(=O)(=O)CCc2nc(-c3ccc4c(c3)nnn4C)no2)cc1. The predicted octanol–water partition coefficient (Wildman–Crippen LogP) is 2.34. The van der Waals surface area contributed by atoms with Crippen molar-refractivity contribution < 1.29 is 12.9 Å². The molecule has 0 saturated heterocycles. The molecular weight excluding hydrogens is 366 g/mol. The summed E-state index contributed by atoms with van der Waals surface area (Å²) < 4.78 is 31.8. The van der Waals surface area contributed by atoms with Gasteiger partial charge in [-0.2, -0.15) is 4.98 Å². The Kier molecular flexibility index (Phi) is 4.23. The number of rotatable bonds is 5. The van der Waals surface area contributed by atoms with E-state index < -0.39 is 9.84 Å². The van der Waals surface area contributed by atoms with Crippen LogP contribution in [0.1, 0.15) is 11.5 Å². The zero-order valence-electron chi connectivity index (χ0n) is 14.8. The van der Waals surface area contributed by atoms with E-state index in [-0.39, 0.29) is 18.1 Å². The monoisotopic (exact) mass is 383 g/mol. The van der Waals surface area contributed by atoms with Crippen LogP contribution in [0.15, 0.2) is 51.9 Å². The molecule has 0 unspecified atom stereocenters. The molecule has 4 aromatic rings. The molecule has 2 aromatic heterocycles. The summed E-state index contributed by atoms with van der Waals surface area (Å²) in [6.45, 7) is 1.91. The molecule has 2 heterocycles. The molecule has 27 heavy (non-hydrogen) atoms. The second kappa shape index (κ2) is 6.58. The van der Waals surface area contributed by atoms with E-state index in [0.717, 1.165) is 22.2 Å². The third-order valence-electron chi connectivity index (χ3n) is 4.30. The molecule has 0 aliphatic heterocycles. The van der Waals surface area contributed by atoms with Gasteiger partial charge in [-0.3, -0.25) is 0 Å². The first kappa shape index (κ1) is 17.3. The van der Waals surface area contributed by atoms with Gasteiger partial charge in [-0.1, -0.05) is 28.1 Å². The molecule has 0 amide bonds. The highest BCUT2D eigenvalue weighted by Crippen LogP contribution is 2.21. The summed E-state index contributed by atoms with van der Waals surface area (Å²) in [5.74, 6) is 0.575. The number of aryl methyl sites for hydroxylation is 3. The first-order chi connectivity index (χ1) is 12.9. The van der Waals surface area contributed by atoms with Crippen molar-refractivity contribution in [2.24, 2.45) is 7.05 Å². The van der Waals surface area contributed by atoms with Gasteiger partial charge >= 0.3 is 0 Å². The van der Waals surface area contributed by atoms with Gasteiger partial charge in [0.05, 0.1) is 16.2 Å². The average molecular weight is 383 g/mol. The third-order valence-corrected chi connectivity index (χ3v) is 6.03. The molecule has 0 spiro atoms. The number of aromatic nitrogens is 5. The zero-order chi connectivity index (χ0) is 19.0. The van der Waals surface area contributed by atoms with E-state index in [1.807, 2.05) is 32.2 Å². The molecule has 8 nitrogen and oxygen atoms in total. The molecule has 0 aliphatic rings. The molecule has 0 radical (unpaired) electrons. The number of fused-ring (bicyclic) bond motifs is 1. The lowest BCUT2D eigenvalue weighted by Gasteiger charge is -2.03. The van der Waals surface area contributed by atoms with Crippen molar-refractivity contribution in [3.05, 3.63) is 53.9 Å². The van der Waals surface area contributed by atoms with E-state index in [0.29, 0.717) is 10.7 Å². The number of hydrogen-bond acceptors (Lipinski definition) is 7. The molecule has 0 aliphatic carbocycles. The Morgan fingerprint density at radius 1 is 1.11 bits per heavy atom. The van der Waals surface area contributed by atoms with Crippen LogP contribution in [0.2, 0.25) is 0 Å². The Labute approximate surface area is 155 Å². The first-order valence-electron chi connectivity index (χ1n) is 8.34. The number of nitrogens with zero attached hydrogens (tertiary/aromatic N) is 5. The van der Waals surface area contributed by atoms with Crippen molar-refractivity contribution in [3.8, 4) is 11.4 Å². The van der Waals surface area contributed by atoms with Gasteiger partial charge in [0.25, 0.3) is 0 Å². The van der Waals surface area contributed by atoms with Crippen LogP contribution in [0, 0.1) is 6.92 Å². The van der Waals surface area contributed by atoms with Crippen molar-refractivity contribution in [2.75, 3.05) is 5.75 Å². The third kappa shape index (κ3) is 3.45. The zero-order valence-corrected chi connectivity index (χ0v) is 15.6. The summed E-state index contributed by atoms with van der Waals surface area (Å²) >= 11 is 0. The van der Waals surface area contributed by atoms with Crippen LogP contribution < -0.4 is 0 Å². The van der Waals surface area contributed by atoms with Crippen molar-refractivity contribution in [2.45, 2.75) is 18.2 Å². The van der Waals surface area contributed by atoms with Crippen LogP contribution in [0.3, 0.4) is 0 Å². The van der Waals surface area contributed by atoms with Gasteiger partial charge in [-0.05, 0) is 37.3 Å². The molecule has 0 saturated carbocycles. The largest absolute Gasteiger partial charge is 0.339 e. The predicted molar refractivity (Wildman–Crippen MR) is 98.7 cm³/mol. The average Bonchev–Trinajstić information content (AvgIpc) is 3.27. The lowest BCUT2D eigenvalue weighted by atomic mass is 10.2. The van der Waals surface area contributed by atoms with Gasteiger partial charge in [-0.25, -0.2) is 13.1 Å². The Morgan fingerprint density at radius 2 is 1.89 bits per heavy atom. The van der Waals surface area contributed by atoms with Crippen molar-refractivity contribution >= 4 is 20.9 Å². The van der Waals surface area contributed by atoms with Crippen LogP contribution >= 0.6 is 0 Å². The van der Waals surface area contributed by atoms with E-state index in [1.165, 1.54) is 0 Å². The molecule has 9 heteroatoms. The van der Waals surface area contributed by atoms with Gasteiger partial charge in [0.2, 0.25) is 11.7 Å². The van der Waals surface area contributed by atoms with Gasteiger partial charge in [0, 0.05) is 19.0 Å². The fourth-order valence-corrected chi connectivity index (χ4v) is 3.97. The highest BCUT2D eigenvalue weighted by Gasteiger charge is 2.17. The Balaban J connectivity index is 1.51. The highest BCUT2D eigenvalue weighted by atomic mass is 32.2. The molecule has 0 fully saturated rings. The molecule has 0 bridgehead atoms. The molecule has 0 atom stereocenters.